The Hall–Kier alpha value is -0.0500. The fourth-order valence-electron chi connectivity index (χ4n) is 2.38. The summed E-state index contributed by atoms with van der Waals surface area (Å²) < 4.78 is 16.3. The molecule has 0 aromatic carbocycles. The van der Waals surface area contributed by atoms with E-state index in [1.54, 1.807) is 0 Å². The quantitative estimate of drug-likeness (QED) is 0.312. The standard InChI is InChI=1S/C9H18NO7P/c11-6-5(10-9(14)8(13)7(6)12)3-4-1-2-17-18(4,15)16/h4-14H,1-3H2,(H,15,16)/t4?,5-,6-,7+,8+,9-/m1/s1. The lowest BCUT2D eigenvalue weighted by Gasteiger charge is -2.40. The molecule has 0 radical (unpaired) electrons. The zero-order valence-electron chi connectivity index (χ0n) is 9.59. The van der Waals surface area contributed by atoms with Crippen molar-refractivity contribution >= 4 is 7.60 Å². The molecule has 2 saturated heterocycles. The molecule has 2 rings (SSSR count). The molecular weight excluding hydrogens is 265 g/mol. The van der Waals surface area contributed by atoms with Crippen molar-refractivity contribution in [2.45, 2.75) is 49.1 Å². The maximum atomic E-state index is 11.6. The van der Waals surface area contributed by atoms with Gasteiger partial charge in [0.2, 0.25) is 0 Å². The molecule has 2 aliphatic rings. The number of hydrogen-bond acceptors (Lipinski definition) is 7. The summed E-state index contributed by atoms with van der Waals surface area (Å²) >= 11 is 0. The molecule has 9 heteroatoms. The van der Waals surface area contributed by atoms with Crippen molar-refractivity contribution in [2.24, 2.45) is 0 Å². The van der Waals surface area contributed by atoms with Crippen molar-refractivity contribution in [1.82, 2.24) is 5.32 Å². The summed E-state index contributed by atoms with van der Waals surface area (Å²) in [4.78, 5) is 9.50. The Morgan fingerprint density at radius 1 is 1.17 bits per heavy atom. The van der Waals surface area contributed by atoms with E-state index < -0.39 is 43.8 Å². The average molecular weight is 283 g/mol. The zero-order chi connectivity index (χ0) is 13.5. The van der Waals surface area contributed by atoms with E-state index in [4.69, 9.17) is 4.52 Å². The van der Waals surface area contributed by atoms with Gasteiger partial charge in [-0.25, -0.2) is 0 Å². The molecule has 7 atom stereocenters. The second-order valence-electron chi connectivity index (χ2n) is 4.77. The predicted molar refractivity (Wildman–Crippen MR) is 59.8 cm³/mol. The van der Waals surface area contributed by atoms with Crippen molar-refractivity contribution in [3.8, 4) is 0 Å². The van der Waals surface area contributed by atoms with E-state index >= 15 is 0 Å². The van der Waals surface area contributed by atoms with Gasteiger partial charge in [-0.05, 0) is 12.8 Å². The van der Waals surface area contributed by atoms with Gasteiger partial charge in [-0.15, -0.1) is 0 Å². The summed E-state index contributed by atoms with van der Waals surface area (Å²) in [7, 11) is -3.68. The molecule has 2 aliphatic heterocycles. The van der Waals surface area contributed by atoms with Gasteiger partial charge in [0.25, 0.3) is 0 Å². The Bertz CT molecular complexity index is 354. The van der Waals surface area contributed by atoms with Crippen LogP contribution >= 0.6 is 7.60 Å². The smallest absolute Gasteiger partial charge is 0.331 e. The summed E-state index contributed by atoms with van der Waals surface area (Å²) in [5.74, 6) is 0. The van der Waals surface area contributed by atoms with Crippen molar-refractivity contribution < 1.29 is 34.4 Å². The summed E-state index contributed by atoms with van der Waals surface area (Å²) in [6.07, 6.45) is -5.22. The van der Waals surface area contributed by atoms with Crippen LogP contribution in [0.1, 0.15) is 12.8 Å². The SMILES string of the molecule is O=P1(O)OCCC1C[C@H]1N[C@H](O)[C@@H](O)[C@@H](O)[C@@H]1O. The lowest BCUT2D eigenvalue weighted by atomic mass is 9.91. The van der Waals surface area contributed by atoms with Crippen molar-refractivity contribution in [2.75, 3.05) is 6.61 Å². The first-order valence-electron chi connectivity index (χ1n) is 5.78. The highest BCUT2D eigenvalue weighted by Crippen LogP contribution is 2.55. The minimum absolute atomic E-state index is 0.0792. The summed E-state index contributed by atoms with van der Waals surface area (Å²) in [5.41, 5.74) is -0.640. The molecular formula is C9H18NO7P. The largest absolute Gasteiger partial charge is 0.389 e. The van der Waals surface area contributed by atoms with Gasteiger partial charge in [-0.1, -0.05) is 0 Å². The third-order valence-corrected chi connectivity index (χ3v) is 5.48. The van der Waals surface area contributed by atoms with Crippen LogP contribution in [0, 0.1) is 0 Å². The maximum absolute atomic E-state index is 11.6. The molecule has 18 heavy (non-hydrogen) atoms. The number of aliphatic hydroxyl groups is 4. The van der Waals surface area contributed by atoms with Gasteiger partial charge in [0.05, 0.1) is 18.4 Å². The molecule has 2 unspecified atom stereocenters. The van der Waals surface area contributed by atoms with Crippen LogP contribution in [0.5, 0.6) is 0 Å². The number of aliphatic hydroxyl groups excluding tert-OH is 4. The van der Waals surface area contributed by atoms with Gasteiger partial charge < -0.3 is 29.8 Å². The van der Waals surface area contributed by atoms with Gasteiger partial charge in [-0.3, -0.25) is 9.88 Å². The number of hydrogen-bond donors (Lipinski definition) is 6. The van der Waals surface area contributed by atoms with Crippen molar-refractivity contribution in [3.63, 3.8) is 0 Å². The molecule has 0 spiro atoms. The lowest BCUT2D eigenvalue weighted by Crippen LogP contribution is -2.65. The lowest BCUT2D eigenvalue weighted by molar-refractivity contribution is -0.157. The normalized spacial score (nSPS) is 53.6. The van der Waals surface area contributed by atoms with E-state index in [1.807, 2.05) is 0 Å². The van der Waals surface area contributed by atoms with E-state index in [2.05, 4.69) is 5.32 Å². The first-order valence-corrected chi connectivity index (χ1v) is 7.43. The molecule has 2 heterocycles. The highest BCUT2D eigenvalue weighted by Gasteiger charge is 2.46. The van der Waals surface area contributed by atoms with E-state index in [9.17, 15) is 29.9 Å². The van der Waals surface area contributed by atoms with Gasteiger partial charge in [0.15, 0.2) is 0 Å². The van der Waals surface area contributed by atoms with Crippen LogP contribution in [0.4, 0.5) is 0 Å². The second-order valence-corrected chi connectivity index (χ2v) is 6.88. The minimum atomic E-state index is -3.68. The minimum Gasteiger partial charge on any atom is -0.389 e. The molecule has 2 fully saturated rings. The van der Waals surface area contributed by atoms with Crippen LogP contribution in [0.3, 0.4) is 0 Å². The second kappa shape index (κ2) is 5.15. The number of piperidine rings is 1. The van der Waals surface area contributed by atoms with Crippen LogP contribution in [0.25, 0.3) is 0 Å². The topological polar surface area (TPSA) is 139 Å². The van der Waals surface area contributed by atoms with Crippen LogP contribution in [0.2, 0.25) is 0 Å². The molecule has 106 valence electrons. The number of rotatable bonds is 2. The Balaban J connectivity index is 2.03. The Kier molecular flexibility index (Phi) is 4.10. The molecule has 8 nitrogen and oxygen atoms in total. The third kappa shape index (κ3) is 2.61. The van der Waals surface area contributed by atoms with Crippen LogP contribution in [-0.2, 0) is 9.09 Å². The molecule has 0 aromatic rings. The van der Waals surface area contributed by atoms with E-state index in [0.717, 1.165) is 0 Å². The van der Waals surface area contributed by atoms with Gasteiger partial charge >= 0.3 is 7.60 Å². The molecule has 6 N–H and O–H groups in total. The molecule has 0 amide bonds. The first-order chi connectivity index (χ1) is 8.33. The molecule has 0 aromatic heterocycles. The highest BCUT2D eigenvalue weighted by atomic mass is 31.2. The summed E-state index contributed by atoms with van der Waals surface area (Å²) in [6, 6.07) is -0.773. The van der Waals surface area contributed by atoms with Crippen molar-refractivity contribution in [3.05, 3.63) is 0 Å². The molecule has 0 aliphatic carbocycles. The Morgan fingerprint density at radius 3 is 2.39 bits per heavy atom. The highest BCUT2D eigenvalue weighted by molar-refractivity contribution is 7.53. The fourth-order valence-corrected chi connectivity index (χ4v) is 3.89. The predicted octanol–water partition coefficient (Wildman–Crippen LogP) is -2.28. The van der Waals surface area contributed by atoms with Crippen LogP contribution in [0.15, 0.2) is 0 Å². The summed E-state index contributed by atoms with van der Waals surface area (Å²) in [5, 5.41) is 40.6. The van der Waals surface area contributed by atoms with E-state index in [1.165, 1.54) is 0 Å². The maximum Gasteiger partial charge on any atom is 0.331 e. The summed E-state index contributed by atoms with van der Waals surface area (Å²) in [6.45, 7) is 0.176. The van der Waals surface area contributed by atoms with E-state index in [0.29, 0.717) is 6.42 Å². The van der Waals surface area contributed by atoms with Crippen LogP contribution in [-0.4, -0.2) is 68.2 Å². The Morgan fingerprint density at radius 2 is 1.83 bits per heavy atom. The Labute approximate surface area is 104 Å². The average Bonchev–Trinajstić information content (AvgIpc) is 2.63. The monoisotopic (exact) mass is 283 g/mol. The van der Waals surface area contributed by atoms with Crippen molar-refractivity contribution in [1.29, 1.82) is 0 Å². The van der Waals surface area contributed by atoms with Gasteiger partial charge in [0, 0.05) is 6.04 Å². The zero-order valence-corrected chi connectivity index (χ0v) is 10.5. The van der Waals surface area contributed by atoms with Crippen LogP contribution < -0.4 is 5.32 Å². The first kappa shape index (κ1) is 14.4. The number of nitrogens with one attached hydrogen (secondary N) is 1. The molecule has 0 bridgehead atoms. The van der Waals surface area contributed by atoms with E-state index in [-0.39, 0.29) is 13.0 Å². The van der Waals surface area contributed by atoms with Gasteiger partial charge in [0.1, 0.15) is 18.4 Å². The fraction of sp³-hybridized carbons (Fsp3) is 1.00. The molecule has 0 saturated carbocycles. The third-order valence-electron chi connectivity index (χ3n) is 3.54. The van der Waals surface area contributed by atoms with Gasteiger partial charge in [-0.2, -0.15) is 0 Å².